The Bertz CT molecular complexity index is 263. The van der Waals surface area contributed by atoms with Gasteiger partial charge in [0.2, 0.25) is 0 Å². The third kappa shape index (κ3) is 5.22. The van der Waals surface area contributed by atoms with Crippen molar-refractivity contribution >= 4 is 6.29 Å². The summed E-state index contributed by atoms with van der Waals surface area (Å²) in [6.07, 6.45) is 19.3. The third-order valence-corrected chi connectivity index (χ3v) is 5.90. The maximum Gasteiger partial charge on any atom is 0.123 e. The van der Waals surface area contributed by atoms with Gasteiger partial charge in [0.25, 0.3) is 0 Å². The quantitative estimate of drug-likeness (QED) is 0.540. The van der Waals surface area contributed by atoms with Crippen LogP contribution >= 0.6 is 0 Å². The third-order valence-electron chi connectivity index (χ3n) is 5.90. The molecule has 2 fully saturated rings. The van der Waals surface area contributed by atoms with Crippen LogP contribution in [0.3, 0.4) is 0 Å². The summed E-state index contributed by atoms with van der Waals surface area (Å²) in [7, 11) is 0. The largest absolute Gasteiger partial charge is 0.303 e. The highest BCUT2D eigenvalue weighted by Crippen LogP contribution is 2.36. The number of rotatable bonds is 7. The summed E-state index contributed by atoms with van der Waals surface area (Å²) in [6, 6.07) is 0. The molecule has 0 saturated heterocycles. The summed E-state index contributed by atoms with van der Waals surface area (Å²) in [4.78, 5) is 10.8. The minimum absolute atomic E-state index is 0.388. The summed E-state index contributed by atoms with van der Waals surface area (Å²) < 4.78 is 0. The fourth-order valence-corrected chi connectivity index (χ4v) is 4.64. The highest BCUT2D eigenvalue weighted by atomic mass is 16.1. The average Bonchev–Trinajstić information content (AvgIpc) is 2.49. The van der Waals surface area contributed by atoms with Gasteiger partial charge in [-0.2, -0.15) is 0 Å². The van der Waals surface area contributed by atoms with Crippen molar-refractivity contribution in [2.75, 3.05) is 0 Å². The van der Waals surface area contributed by atoms with Gasteiger partial charge in [0.1, 0.15) is 6.29 Å². The molecule has 0 aliphatic heterocycles. The zero-order valence-electron chi connectivity index (χ0n) is 13.5. The summed E-state index contributed by atoms with van der Waals surface area (Å²) in [5, 5.41) is 0. The van der Waals surface area contributed by atoms with Gasteiger partial charge >= 0.3 is 0 Å². The molecule has 0 aromatic carbocycles. The number of carbonyl (C=O) groups is 1. The molecule has 2 rings (SSSR count). The van der Waals surface area contributed by atoms with Gasteiger partial charge < -0.3 is 4.79 Å². The van der Waals surface area contributed by atoms with Crippen molar-refractivity contribution in [1.29, 1.82) is 0 Å². The molecule has 0 N–H and O–H groups in total. The summed E-state index contributed by atoms with van der Waals surface area (Å²) in [5.74, 6) is 3.40. The molecular formula is C19H34O. The minimum Gasteiger partial charge on any atom is -0.303 e. The molecule has 0 heterocycles. The van der Waals surface area contributed by atoms with Gasteiger partial charge in [-0.3, -0.25) is 0 Å². The topological polar surface area (TPSA) is 17.1 Å². The standard InChI is InChI=1S/C19H34O/c1-2-5-17-7-4-9-18(14-17)8-3-6-16-10-12-19(15-20)13-11-16/h15-19H,2-14H2,1H3. The lowest BCUT2D eigenvalue weighted by molar-refractivity contribution is -0.112. The van der Waals surface area contributed by atoms with Crippen molar-refractivity contribution < 1.29 is 4.79 Å². The second-order valence-electron chi connectivity index (χ2n) is 7.54. The van der Waals surface area contributed by atoms with Crippen LogP contribution in [0.1, 0.15) is 90.4 Å². The second-order valence-corrected chi connectivity index (χ2v) is 7.54. The lowest BCUT2D eigenvalue weighted by Gasteiger charge is -2.30. The Morgan fingerprint density at radius 1 is 0.850 bits per heavy atom. The van der Waals surface area contributed by atoms with E-state index in [9.17, 15) is 4.79 Å². The molecule has 2 aliphatic carbocycles. The molecular weight excluding hydrogens is 244 g/mol. The fourth-order valence-electron chi connectivity index (χ4n) is 4.64. The van der Waals surface area contributed by atoms with E-state index in [1.54, 1.807) is 0 Å². The first-order chi connectivity index (χ1) is 9.81. The summed E-state index contributed by atoms with van der Waals surface area (Å²) >= 11 is 0. The zero-order chi connectivity index (χ0) is 14.2. The van der Waals surface area contributed by atoms with Gasteiger partial charge in [0, 0.05) is 5.92 Å². The molecule has 0 bridgehead atoms. The SMILES string of the molecule is CCCC1CCCC(CCCC2CCC(C=O)CC2)C1. The Labute approximate surface area is 125 Å². The van der Waals surface area contributed by atoms with Gasteiger partial charge in [-0.25, -0.2) is 0 Å². The molecule has 0 spiro atoms. The van der Waals surface area contributed by atoms with Crippen LogP contribution in [0, 0.1) is 23.7 Å². The van der Waals surface area contributed by atoms with Gasteiger partial charge in [-0.05, 0) is 49.9 Å². The van der Waals surface area contributed by atoms with Gasteiger partial charge in [0.05, 0.1) is 0 Å². The van der Waals surface area contributed by atoms with Crippen LogP contribution in [0.4, 0.5) is 0 Å². The Balaban J connectivity index is 1.57. The van der Waals surface area contributed by atoms with Crippen molar-refractivity contribution in [3.05, 3.63) is 0 Å². The van der Waals surface area contributed by atoms with Crippen LogP contribution in [0.15, 0.2) is 0 Å². The van der Waals surface area contributed by atoms with Crippen LogP contribution in [-0.4, -0.2) is 6.29 Å². The molecule has 2 aliphatic rings. The van der Waals surface area contributed by atoms with Crippen LogP contribution in [0.5, 0.6) is 0 Å². The predicted octanol–water partition coefficient (Wildman–Crippen LogP) is 5.77. The molecule has 1 heteroatoms. The lowest BCUT2D eigenvalue weighted by atomic mass is 9.76. The van der Waals surface area contributed by atoms with E-state index in [0.29, 0.717) is 5.92 Å². The molecule has 116 valence electrons. The molecule has 2 unspecified atom stereocenters. The molecule has 0 amide bonds. The molecule has 1 nitrogen and oxygen atoms in total. The first-order valence-corrected chi connectivity index (χ1v) is 9.27. The van der Waals surface area contributed by atoms with E-state index in [0.717, 1.165) is 30.6 Å². The molecule has 0 aromatic heterocycles. The Kier molecular flexibility index (Phi) is 7.10. The van der Waals surface area contributed by atoms with Crippen LogP contribution < -0.4 is 0 Å². The molecule has 20 heavy (non-hydrogen) atoms. The fraction of sp³-hybridized carbons (Fsp3) is 0.947. The summed E-state index contributed by atoms with van der Waals surface area (Å²) in [6.45, 7) is 2.33. The normalized spacial score (nSPS) is 34.9. The molecule has 0 radical (unpaired) electrons. The Morgan fingerprint density at radius 2 is 1.50 bits per heavy atom. The first-order valence-electron chi connectivity index (χ1n) is 9.27. The highest BCUT2D eigenvalue weighted by Gasteiger charge is 2.23. The van der Waals surface area contributed by atoms with Gasteiger partial charge in [0.15, 0.2) is 0 Å². The molecule has 0 aromatic rings. The highest BCUT2D eigenvalue weighted by molar-refractivity contribution is 5.53. The van der Waals surface area contributed by atoms with Crippen molar-refractivity contribution in [1.82, 2.24) is 0 Å². The number of aldehydes is 1. The first kappa shape index (κ1) is 16.0. The summed E-state index contributed by atoms with van der Waals surface area (Å²) in [5.41, 5.74) is 0. The van der Waals surface area contributed by atoms with Crippen LogP contribution in [0.25, 0.3) is 0 Å². The smallest absolute Gasteiger partial charge is 0.123 e. The minimum atomic E-state index is 0.388. The van der Waals surface area contributed by atoms with Gasteiger partial charge in [-0.1, -0.05) is 58.3 Å². The van der Waals surface area contributed by atoms with Crippen LogP contribution in [0.2, 0.25) is 0 Å². The van der Waals surface area contributed by atoms with E-state index in [1.807, 2.05) is 0 Å². The zero-order valence-corrected chi connectivity index (χ0v) is 13.5. The second kappa shape index (κ2) is 8.85. The monoisotopic (exact) mass is 278 g/mol. The number of hydrogen-bond acceptors (Lipinski definition) is 1. The predicted molar refractivity (Wildman–Crippen MR) is 85.7 cm³/mol. The van der Waals surface area contributed by atoms with E-state index in [1.165, 1.54) is 76.9 Å². The van der Waals surface area contributed by atoms with Crippen LogP contribution in [-0.2, 0) is 4.79 Å². The number of hydrogen-bond donors (Lipinski definition) is 0. The number of carbonyl (C=O) groups excluding carboxylic acids is 1. The average molecular weight is 278 g/mol. The Hall–Kier alpha value is -0.330. The molecule has 2 saturated carbocycles. The molecule has 2 atom stereocenters. The van der Waals surface area contributed by atoms with Gasteiger partial charge in [-0.15, -0.1) is 0 Å². The van der Waals surface area contributed by atoms with Crippen molar-refractivity contribution in [2.45, 2.75) is 90.4 Å². The van der Waals surface area contributed by atoms with Crippen molar-refractivity contribution in [3.63, 3.8) is 0 Å². The van der Waals surface area contributed by atoms with E-state index < -0.39 is 0 Å². The van der Waals surface area contributed by atoms with Crippen molar-refractivity contribution in [2.24, 2.45) is 23.7 Å². The van der Waals surface area contributed by atoms with E-state index in [4.69, 9.17) is 0 Å². The van der Waals surface area contributed by atoms with Crippen molar-refractivity contribution in [3.8, 4) is 0 Å². The maximum atomic E-state index is 10.8. The van der Waals surface area contributed by atoms with E-state index in [2.05, 4.69) is 6.92 Å². The Morgan fingerprint density at radius 3 is 2.15 bits per heavy atom. The van der Waals surface area contributed by atoms with E-state index in [-0.39, 0.29) is 0 Å². The van der Waals surface area contributed by atoms with E-state index >= 15 is 0 Å². The lowest BCUT2D eigenvalue weighted by Crippen LogP contribution is -2.17. The maximum absolute atomic E-state index is 10.8.